The van der Waals surface area contributed by atoms with Gasteiger partial charge in [0.1, 0.15) is 6.04 Å². The van der Waals surface area contributed by atoms with Crippen molar-refractivity contribution in [1.82, 2.24) is 5.32 Å². The van der Waals surface area contributed by atoms with Gasteiger partial charge >= 0.3 is 5.97 Å². The maximum Gasteiger partial charge on any atom is 0.328 e. The molecule has 0 bridgehead atoms. The first-order valence-electron chi connectivity index (χ1n) is 8.17. The van der Waals surface area contributed by atoms with Crippen LogP contribution in [0.25, 0.3) is 0 Å². The largest absolute Gasteiger partial charge is 0.464 e. The Morgan fingerprint density at radius 1 is 1.20 bits per heavy atom. The lowest BCUT2D eigenvalue weighted by Crippen LogP contribution is -2.45. The average molecular weight is 390 g/mol. The summed E-state index contributed by atoms with van der Waals surface area (Å²) in [6, 6.07) is 6.95. The van der Waals surface area contributed by atoms with E-state index in [0.29, 0.717) is 31.3 Å². The van der Waals surface area contributed by atoms with Gasteiger partial charge in [-0.2, -0.15) is 0 Å². The van der Waals surface area contributed by atoms with Gasteiger partial charge in [-0.3, -0.25) is 4.79 Å². The molecular formula is C17H25Cl2N3O3. The van der Waals surface area contributed by atoms with Crippen molar-refractivity contribution in [3.05, 3.63) is 29.8 Å². The van der Waals surface area contributed by atoms with Crippen LogP contribution < -0.4 is 16.0 Å². The van der Waals surface area contributed by atoms with Gasteiger partial charge in [-0.05, 0) is 24.6 Å². The summed E-state index contributed by atoms with van der Waals surface area (Å²) in [6.07, 6.45) is 0.329. The molecule has 0 aromatic heterocycles. The maximum absolute atomic E-state index is 12.0. The van der Waals surface area contributed by atoms with E-state index in [4.69, 9.17) is 33.7 Å². The second-order valence-electron chi connectivity index (χ2n) is 5.31. The van der Waals surface area contributed by atoms with Crippen LogP contribution in [0.4, 0.5) is 5.69 Å². The van der Waals surface area contributed by atoms with Crippen LogP contribution in [0.3, 0.4) is 0 Å². The van der Waals surface area contributed by atoms with Crippen LogP contribution in [0.15, 0.2) is 24.3 Å². The van der Waals surface area contributed by atoms with Crippen molar-refractivity contribution in [3.8, 4) is 0 Å². The first-order valence-corrected chi connectivity index (χ1v) is 9.24. The lowest BCUT2D eigenvalue weighted by atomic mass is 10.0. The molecular weight excluding hydrogens is 365 g/mol. The number of rotatable bonds is 11. The Bertz CT molecular complexity index is 534. The minimum atomic E-state index is -0.761. The molecule has 0 aliphatic rings. The smallest absolute Gasteiger partial charge is 0.328 e. The first kappa shape index (κ1) is 21.5. The van der Waals surface area contributed by atoms with E-state index in [1.807, 2.05) is 24.3 Å². The number of carbonyl (C=O) groups excluding carboxylic acids is 2. The number of nitrogens with one attached hydrogen (secondary N) is 1. The lowest BCUT2D eigenvalue weighted by molar-refractivity contribution is -0.147. The number of hydrogen-bond acceptors (Lipinski definition) is 5. The third-order valence-electron chi connectivity index (χ3n) is 3.54. The Morgan fingerprint density at radius 2 is 1.80 bits per heavy atom. The normalized spacial score (nSPS) is 11.7. The molecule has 1 rings (SSSR count). The third-order valence-corrected chi connectivity index (χ3v) is 3.88. The molecule has 1 atom stereocenters. The number of benzene rings is 1. The predicted molar refractivity (Wildman–Crippen MR) is 101 cm³/mol. The zero-order valence-electron chi connectivity index (χ0n) is 14.3. The monoisotopic (exact) mass is 389 g/mol. The number of nitrogens with zero attached hydrogens (tertiary/aromatic N) is 1. The molecule has 0 saturated carbocycles. The molecule has 25 heavy (non-hydrogen) atoms. The number of esters is 1. The summed E-state index contributed by atoms with van der Waals surface area (Å²) in [4.78, 5) is 25.6. The fourth-order valence-electron chi connectivity index (χ4n) is 2.34. The van der Waals surface area contributed by atoms with Crippen LogP contribution in [0.5, 0.6) is 0 Å². The van der Waals surface area contributed by atoms with Gasteiger partial charge in [-0.25, -0.2) is 4.79 Å². The summed E-state index contributed by atoms with van der Waals surface area (Å²) < 4.78 is 5.02. The predicted octanol–water partition coefficient (Wildman–Crippen LogP) is 1.52. The van der Waals surface area contributed by atoms with Crippen LogP contribution >= 0.6 is 23.2 Å². The molecule has 140 valence electrons. The Morgan fingerprint density at radius 3 is 2.28 bits per heavy atom. The van der Waals surface area contributed by atoms with Crippen molar-refractivity contribution in [2.24, 2.45) is 5.73 Å². The van der Waals surface area contributed by atoms with Crippen molar-refractivity contribution < 1.29 is 14.3 Å². The molecule has 3 N–H and O–H groups in total. The van der Waals surface area contributed by atoms with E-state index < -0.39 is 17.9 Å². The van der Waals surface area contributed by atoms with Crippen molar-refractivity contribution in [2.45, 2.75) is 19.4 Å². The summed E-state index contributed by atoms with van der Waals surface area (Å²) in [7, 11) is 0. The molecule has 0 unspecified atom stereocenters. The number of halogens is 2. The minimum absolute atomic E-state index is 0.180. The Balaban J connectivity index is 2.83. The molecule has 8 heteroatoms. The standard InChI is InChI=1S/C17H25Cl2N3O3/c1-2-25-17(24)15(21-16(23)12-20)11-13-3-5-14(6-4-13)22(9-7-18)10-8-19/h3-6,15H,2,7-12,20H2,1H3,(H,21,23)/t15-/m0/s1. The Labute approximate surface area is 158 Å². The molecule has 0 aliphatic heterocycles. The maximum atomic E-state index is 12.0. The Kier molecular flexibility index (Phi) is 10.3. The van der Waals surface area contributed by atoms with Gasteiger partial charge in [-0.15, -0.1) is 23.2 Å². The molecule has 1 amide bonds. The first-order chi connectivity index (χ1) is 12.0. The van der Waals surface area contributed by atoms with E-state index in [0.717, 1.165) is 11.3 Å². The van der Waals surface area contributed by atoms with Crippen molar-refractivity contribution in [3.63, 3.8) is 0 Å². The van der Waals surface area contributed by atoms with Gasteiger partial charge in [0.05, 0.1) is 13.2 Å². The number of alkyl halides is 2. The zero-order valence-corrected chi connectivity index (χ0v) is 15.9. The van der Waals surface area contributed by atoms with E-state index in [-0.39, 0.29) is 13.2 Å². The molecule has 6 nitrogen and oxygen atoms in total. The SMILES string of the molecule is CCOC(=O)[C@H](Cc1ccc(N(CCCl)CCCl)cc1)NC(=O)CN. The van der Waals surface area contributed by atoms with E-state index >= 15 is 0 Å². The highest BCUT2D eigenvalue weighted by molar-refractivity contribution is 6.18. The van der Waals surface area contributed by atoms with Gasteiger partial charge in [0, 0.05) is 37.0 Å². The quantitative estimate of drug-likeness (QED) is 0.442. The molecule has 0 aliphatic carbocycles. The molecule has 0 saturated heterocycles. The highest BCUT2D eigenvalue weighted by Gasteiger charge is 2.22. The number of anilines is 1. The van der Waals surface area contributed by atoms with E-state index in [1.165, 1.54) is 0 Å². The summed E-state index contributed by atoms with van der Waals surface area (Å²) in [5, 5.41) is 2.59. The number of amides is 1. The highest BCUT2D eigenvalue weighted by atomic mass is 35.5. The van der Waals surface area contributed by atoms with E-state index in [2.05, 4.69) is 10.2 Å². The second kappa shape index (κ2) is 12.0. The number of carbonyl (C=O) groups is 2. The molecule has 0 heterocycles. The van der Waals surface area contributed by atoms with Gasteiger partial charge in [0.2, 0.25) is 5.91 Å². The lowest BCUT2D eigenvalue weighted by Gasteiger charge is -2.23. The van der Waals surface area contributed by atoms with Crippen LogP contribution in [0.2, 0.25) is 0 Å². The number of nitrogens with two attached hydrogens (primary N) is 1. The summed E-state index contributed by atoms with van der Waals surface area (Å²) in [5.74, 6) is 0.146. The zero-order chi connectivity index (χ0) is 18.7. The van der Waals surface area contributed by atoms with Gasteiger partial charge in [-0.1, -0.05) is 12.1 Å². The van der Waals surface area contributed by atoms with Crippen molar-refractivity contribution >= 4 is 40.8 Å². The van der Waals surface area contributed by atoms with Crippen LogP contribution in [0.1, 0.15) is 12.5 Å². The highest BCUT2D eigenvalue weighted by Crippen LogP contribution is 2.17. The topological polar surface area (TPSA) is 84.7 Å². The molecule has 0 spiro atoms. The average Bonchev–Trinajstić information content (AvgIpc) is 2.61. The van der Waals surface area contributed by atoms with E-state index in [9.17, 15) is 9.59 Å². The molecule has 0 fully saturated rings. The summed E-state index contributed by atoms with van der Waals surface area (Å²) in [6.45, 7) is 3.19. The van der Waals surface area contributed by atoms with Crippen molar-refractivity contribution in [2.75, 3.05) is 42.9 Å². The number of ether oxygens (including phenoxy) is 1. The van der Waals surface area contributed by atoms with Gasteiger partial charge in [0.15, 0.2) is 0 Å². The molecule has 1 aromatic rings. The summed E-state index contributed by atoms with van der Waals surface area (Å²) in [5.41, 5.74) is 7.21. The molecule has 1 aromatic carbocycles. The van der Waals surface area contributed by atoms with Crippen LogP contribution in [-0.4, -0.2) is 55.9 Å². The van der Waals surface area contributed by atoms with Gasteiger partial charge < -0.3 is 20.7 Å². The fourth-order valence-corrected chi connectivity index (χ4v) is 2.75. The van der Waals surface area contributed by atoms with Gasteiger partial charge in [0.25, 0.3) is 0 Å². The van der Waals surface area contributed by atoms with Crippen LogP contribution in [-0.2, 0) is 20.7 Å². The second-order valence-corrected chi connectivity index (χ2v) is 6.07. The van der Waals surface area contributed by atoms with E-state index in [1.54, 1.807) is 6.92 Å². The fraction of sp³-hybridized carbons (Fsp3) is 0.529. The van der Waals surface area contributed by atoms with Crippen LogP contribution in [0, 0.1) is 0 Å². The Hall–Kier alpha value is -1.50. The molecule has 0 radical (unpaired) electrons. The number of hydrogen-bond donors (Lipinski definition) is 2. The third kappa shape index (κ3) is 7.50. The minimum Gasteiger partial charge on any atom is -0.464 e. The van der Waals surface area contributed by atoms with Crippen molar-refractivity contribution in [1.29, 1.82) is 0 Å². The summed E-state index contributed by atoms with van der Waals surface area (Å²) >= 11 is 11.6.